The molecule has 0 bridgehead atoms. The molecule has 5 heteroatoms. The van der Waals surface area contributed by atoms with Crippen molar-refractivity contribution in [2.24, 2.45) is 0 Å². The first kappa shape index (κ1) is 13.0. The van der Waals surface area contributed by atoms with Crippen LogP contribution in [0.5, 0.6) is 0 Å². The summed E-state index contributed by atoms with van der Waals surface area (Å²) in [4.78, 5) is 8.33. The number of rotatable bonds is 3. The Labute approximate surface area is 114 Å². The summed E-state index contributed by atoms with van der Waals surface area (Å²) in [6.45, 7) is 4.63. The van der Waals surface area contributed by atoms with Gasteiger partial charge in [0.05, 0.1) is 10.2 Å². The molecule has 1 aromatic heterocycles. The first-order chi connectivity index (χ1) is 8.65. The van der Waals surface area contributed by atoms with Crippen LogP contribution in [0.15, 0.2) is 29.0 Å². The second kappa shape index (κ2) is 5.44. The first-order valence-electron chi connectivity index (χ1n) is 5.65. The van der Waals surface area contributed by atoms with E-state index in [-0.39, 0.29) is 5.82 Å². The van der Waals surface area contributed by atoms with Crippen molar-refractivity contribution in [2.45, 2.75) is 13.8 Å². The highest BCUT2D eigenvalue weighted by molar-refractivity contribution is 9.10. The molecule has 0 amide bonds. The zero-order valence-corrected chi connectivity index (χ0v) is 11.8. The van der Waals surface area contributed by atoms with Gasteiger partial charge in [-0.25, -0.2) is 14.4 Å². The summed E-state index contributed by atoms with van der Waals surface area (Å²) in [5, 5.41) is 3.13. The third-order valence-corrected chi connectivity index (χ3v) is 3.25. The summed E-state index contributed by atoms with van der Waals surface area (Å²) in [6.07, 6.45) is 1.45. The van der Waals surface area contributed by atoms with Crippen molar-refractivity contribution in [1.82, 2.24) is 9.97 Å². The van der Waals surface area contributed by atoms with Crippen LogP contribution < -0.4 is 5.32 Å². The largest absolute Gasteiger partial charge is 0.370 e. The molecule has 2 aromatic rings. The van der Waals surface area contributed by atoms with Gasteiger partial charge in [-0.2, -0.15) is 0 Å². The third-order valence-electron chi connectivity index (χ3n) is 2.64. The van der Waals surface area contributed by atoms with Crippen LogP contribution in [0.3, 0.4) is 0 Å². The fraction of sp³-hybridized carbons (Fsp3) is 0.231. The van der Waals surface area contributed by atoms with Gasteiger partial charge in [0.25, 0.3) is 0 Å². The number of anilines is 1. The van der Waals surface area contributed by atoms with Crippen LogP contribution in [0.2, 0.25) is 0 Å². The molecule has 3 nitrogen and oxygen atoms in total. The Bertz CT molecular complexity index is 572. The molecular formula is C13H13BrFN3. The van der Waals surface area contributed by atoms with Crippen molar-refractivity contribution in [2.75, 3.05) is 11.9 Å². The minimum Gasteiger partial charge on any atom is -0.370 e. The summed E-state index contributed by atoms with van der Waals surface area (Å²) < 4.78 is 14.5. The number of nitrogens with zero attached hydrogens (tertiary/aromatic N) is 2. The van der Waals surface area contributed by atoms with Gasteiger partial charge in [-0.15, -0.1) is 0 Å². The maximum absolute atomic E-state index is 14.1. The van der Waals surface area contributed by atoms with E-state index in [1.807, 2.05) is 13.8 Å². The molecule has 0 saturated carbocycles. The number of hydrogen-bond donors (Lipinski definition) is 1. The number of aromatic nitrogens is 2. The van der Waals surface area contributed by atoms with Gasteiger partial charge in [-0.05, 0) is 41.9 Å². The smallest absolute Gasteiger partial charge is 0.146 e. The molecule has 0 radical (unpaired) electrons. The van der Waals surface area contributed by atoms with E-state index in [9.17, 15) is 4.39 Å². The van der Waals surface area contributed by atoms with Crippen LogP contribution in [-0.4, -0.2) is 16.5 Å². The first-order valence-corrected chi connectivity index (χ1v) is 6.44. The van der Waals surface area contributed by atoms with Crippen molar-refractivity contribution in [3.8, 4) is 11.3 Å². The zero-order chi connectivity index (χ0) is 13.1. The summed E-state index contributed by atoms with van der Waals surface area (Å²) in [7, 11) is 0. The number of halogens is 2. The van der Waals surface area contributed by atoms with Gasteiger partial charge in [-0.1, -0.05) is 6.07 Å². The average molecular weight is 310 g/mol. The topological polar surface area (TPSA) is 37.8 Å². The van der Waals surface area contributed by atoms with E-state index in [2.05, 4.69) is 31.2 Å². The fourth-order valence-electron chi connectivity index (χ4n) is 1.75. The lowest BCUT2D eigenvalue weighted by atomic mass is 10.1. The molecule has 1 N–H and O–H groups in total. The van der Waals surface area contributed by atoms with Crippen molar-refractivity contribution in [3.05, 3.63) is 40.4 Å². The molecule has 0 spiro atoms. The Morgan fingerprint density at radius 3 is 2.83 bits per heavy atom. The van der Waals surface area contributed by atoms with Gasteiger partial charge in [0.15, 0.2) is 0 Å². The molecule has 2 rings (SSSR count). The Morgan fingerprint density at radius 2 is 2.11 bits per heavy atom. The van der Waals surface area contributed by atoms with Crippen molar-refractivity contribution in [3.63, 3.8) is 0 Å². The highest BCUT2D eigenvalue weighted by Crippen LogP contribution is 2.30. The van der Waals surface area contributed by atoms with E-state index >= 15 is 0 Å². The molecule has 0 unspecified atom stereocenters. The van der Waals surface area contributed by atoms with E-state index in [1.54, 1.807) is 18.2 Å². The molecule has 1 aromatic carbocycles. The Kier molecular flexibility index (Phi) is 3.91. The van der Waals surface area contributed by atoms with Gasteiger partial charge in [0.1, 0.15) is 18.0 Å². The number of nitrogens with one attached hydrogen (secondary N) is 1. The zero-order valence-electron chi connectivity index (χ0n) is 10.2. The Balaban J connectivity index is 2.57. The lowest BCUT2D eigenvalue weighted by Gasteiger charge is -2.11. The van der Waals surface area contributed by atoms with E-state index in [1.165, 1.54) is 6.33 Å². The molecule has 18 heavy (non-hydrogen) atoms. The highest BCUT2D eigenvalue weighted by atomic mass is 79.9. The molecule has 0 aliphatic heterocycles. The van der Waals surface area contributed by atoms with Crippen LogP contribution in [-0.2, 0) is 0 Å². The molecular weight excluding hydrogens is 297 g/mol. The summed E-state index contributed by atoms with van der Waals surface area (Å²) >= 11 is 3.18. The third kappa shape index (κ3) is 2.36. The molecule has 0 aliphatic rings. The SMILES string of the molecule is CCNc1ncnc(-c2cccc(Br)c2F)c1C. The van der Waals surface area contributed by atoms with E-state index < -0.39 is 0 Å². The van der Waals surface area contributed by atoms with Crippen molar-refractivity contribution >= 4 is 21.7 Å². The summed E-state index contributed by atoms with van der Waals surface area (Å²) in [5.74, 6) is 0.434. The maximum Gasteiger partial charge on any atom is 0.146 e. The van der Waals surface area contributed by atoms with Gasteiger partial charge >= 0.3 is 0 Å². The van der Waals surface area contributed by atoms with E-state index in [0.29, 0.717) is 15.7 Å². The van der Waals surface area contributed by atoms with E-state index in [0.717, 1.165) is 17.9 Å². The summed E-state index contributed by atoms with van der Waals surface area (Å²) in [6, 6.07) is 5.17. The second-order valence-corrected chi connectivity index (χ2v) is 4.68. The van der Waals surface area contributed by atoms with Crippen LogP contribution in [0.4, 0.5) is 10.2 Å². The highest BCUT2D eigenvalue weighted by Gasteiger charge is 2.14. The fourth-order valence-corrected chi connectivity index (χ4v) is 2.12. The molecule has 1 heterocycles. The minimum atomic E-state index is -0.304. The monoisotopic (exact) mass is 309 g/mol. The van der Waals surface area contributed by atoms with E-state index in [4.69, 9.17) is 0 Å². The van der Waals surface area contributed by atoms with Crippen LogP contribution in [0.1, 0.15) is 12.5 Å². The van der Waals surface area contributed by atoms with Crippen molar-refractivity contribution in [1.29, 1.82) is 0 Å². The average Bonchev–Trinajstić information content (AvgIpc) is 2.36. The molecule has 0 fully saturated rings. The predicted molar refractivity (Wildman–Crippen MR) is 74.0 cm³/mol. The summed E-state index contributed by atoms with van der Waals surface area (Å²) in [5.41, 5.74) is 1.93. The molecule has 94 valence electrons. The predicted octanol–water partition coefficient (Wildman–Crippen LogP) is 3.79. The van der Waals surface area contributed by atoms with Crippen LogP contribution in [0.25, 0.3) is 11.3 Å². The second-order valence-electron chi connectivity index (χ2n) is 3.83. The van der Waals surface area contributed by atoms with Crippen molar-refractivity contribution < 1.29 is 4.39 Å². The molecule has 0 atom stereocenters. The van der Waals surface area contributed by atoms with Gasteiger partial charge < -0.3 is 5.32 Å². The Hall–Kier alpha value is -1.49. The van der Waals surface area contributed by atoms with Crippen LogP contribution in [0, 0.1) is 12.7 Å². The lowest BCUT2D eigenvalue weighted by Crippen LogP contribution is -2.04. The standard InChI is InChI=1S/C13H13BrFN3/c1-3-16-13-8(2)12(17-7-18-13)9-5-4-6-10(14)11(9)15/h4-7H,3H2,1-2H3,(H,16,17,18). The minimum absolute atomic E-state index is 0.304. The van der Waals surface area contributed by atoms with Gasteiger partial charge in [-0.3, -0.25) is 0 Å². The normalized spacial score (nSPS) is 10.4. The maximum atomic E-state index is 14.1. The lowest BCUT2D eigenvalue weighted by molar-refractivity contribution is 0.624. The molecule has 0 aliphatic carbocycles. The molecule has 0 saturated heterocycles. The van der Waals surface area contributed by atoms with Crippen LogP contribution >= 0.6 is 15.9 Å². The Morgan fingerprint density at radius 1 is 1.33 bits per heavy atom. The number of hydrogen-bond acceptors (Lipinski definition) is 3. The van der Waals surface area contributed by atoms with Gasteiger partial charge in [0.2, 0.25) is 0 Å². The quantitative estimate of drug-likeness (QED) is 0.937. The number of benzene rings is 1. The van der Waals surface area contributed by atoms with Gasteiger partial charge in [0, 0.05) is 17.7 Å².